The molecule has 5 nitrogen and oxygen atoms in total. The van der Waals surface area contributed by atoms with Gasteiger partial charge in [0.05, 0.1) is 11.2 Å². The number of rotatable bonds is 8. The molecule has 19 heavy (non-hydrogen) atoms. The van der Waals surface area contributed by atoms with Crippen LogP contribution in [-0.4, -0.2) is 42.3 Å². The second-order valence-corrected chi connectivity index (χ2v) is 5.46. The van der Waals surface area contributed by atoms with Crippen LogP contribution < -0.4 is 5.73 Å². The number of nitrogens with two attached hydrogens (primary N) is 1. The lowest BCUT2D eigenvalue weighted by Gasteiger charge is -2.37. The highest BCUT2D eigenvalue weighted by molar-refractivity contribution is 6.46. The maximum Gasteiger partial charge on any atom is 0.333 e. The van der Waals surface area contributed by atoms with Crippen molar-refractivity contribution in [2.75, 3.05) is 6.54 Å². The van der Waals surface area contributed by atoms with Crippen molar-refractivity contribution < 1.29 is 14.6 Å². The van der Waals surface area contributed by atoms with E-state index in [9.17, 15) is 9.90 Å². The summed E-state index contributed by atoms with van der Waals surface area (Å²) in [6.45, 7) is 8.86. The highest BCUT2D eigenvalue weighted by Crippen LogP contribution is 2.24. The molecule has 107 valence electrons. The molecule has 0 rings (SSSR count). The summed E-state index contributed by atoms with van der Waals surface area (Å²) in [5.41, 5.74) is 4.30. The molecule has 6 heteroatoms. The van der Waals surface area contributed by atoms with E-state index in [0.717, 1.165) is 0 Å². The van der Waals surface area contributed by atoms with Gasteiger partial charge < -0.3 is 15.5 Å². The van der Waals surface area contributed by atoms with Crippen LogP contribution in [0.1, 0.15) is 41.0 Å². The third-order valence-corrected chi connectivity index (χ3v) is 2.99. The molecule has 0 unspecified atom stereocenters. The molecule has 0 saturated carbocycles. The van der Waals surface area contributed by atoms with Crippen LogP contribution >= 0.6 is 0 Å². The lowest BCUT2D eigenvalue weighted by Crippen LogP contribution is -2.48. The lowest BCUT2D eigenvalue weighted by molar-refractivity contribution is -0.116. The quantitative estimate of drug-likeness (QED) is 0.508. The first-order chi connectivity index (χ1) is 8.60. The van der Waals surface area contributed by atoms with Crippen molar-refractivity contribution in [1.82, 2.24) is 0 Å². The first-order valence-electron chi connectivity index (χ1n) is 6.24. The molecule has 0 aliphatic rings. The summed E-state index contributed by atoms with van der Waals surface area (Å²) in [6, 6.07) is 0. The Morgan fingerprint density at radius 2 is 2.00 bits per heavy atom. The van der Waals surface area contributed by atoms with Crippen LogP contribution in [0.15, 0.2) is 16.7 Å². The molecule has 0 aromatic heterocycles. The number of ketones is 1. The number of nitrogens with zero attached hydrogens (tertiary/aromatic N) is 1. The third kappa shape index (κ3) is 7.13. The summed E-state index contributed by atoms with van der Waals surface area (Å²) in [4.78, 5) is 14.8. The average molecular weight is 267 g/mol. The van der Waals surface area contributed by atoms with Crippen LogP contribution in [0.2, 0.25) is 0 Å². The van der Waals surface area contributed by atoms with Gasteiger partial charge in [0.2, 0.25) is 0 Å². The number of hydrogen-bond donors (Lipinski definition) is 2. The van der Waals surface area contributed by atoms with E-state index in [1.165, 1.54) is 20.6 Å². The zero-order chi connectivity index (χ0) is 15.1. The van der Waals surface area contributed by atoms with Gasteiger partial charge >= 0.3 is 7.48 Å². The Morgan fingerprint density at radius 1 is 1.42 bits per heavy atom. The first-order valence-corrected chi connectivity index (χ1v) is 6.24. The Kier molecular flexibility index (Phi) is 7.01. The van der Waals surface area contributed by atoms with Crippen LogP contribution in [-0.2, 0) is 9.45 Å². The fraction of sp³-hybridized carbons (Fsp3) is 0.692. The number of hydrogen-bond acceptors (Lipinski definition) is 5. The van der Waals surface area contributed by atoms with Gasteiger partial charge in [0, 0.05) is 19.2 Å². The van der Waals surface area contributed by atoms with Gasteiger partial charge in [-0.15, -0.1) is 0 Å². The predicted molar refractivity (Wildman–Crippen MR) is 78.1 cm³/mol. The maximum atomic E-state index is 10.8. The van der Waals surface area contributed by atoms with E-state index in [-0.39, 0.29) is 5.78 Å². The van der Waals surface area contributed by atoms with E-state index < -0.39 is 11.2 Å². The number of allylic oxidation sites excluding steroid dienone is 1. The lowest BCUT2D eigenvalue weighted by atomic mass is 9.83. The second-order valence-electron chi connectivity index (χ2n) is 5.46. The minimum absolute atomic E-state index is 0.0961. The summed E-state index contributed by atoms with van der Waals surface area (Å²) in [6.07, 6.45) is 3.31. The van der Waals surface area contributed by atoms with Gasteiger partial charge in [-0.3, -0.25) is 9.79 Å². The van der Waals surface area contributed by atoms with Gasteiger partial charge in [-0.25, -0.2) is 0 Å². The first kappa shape index (κ1) is 17.9. The number of carbonyl (C=O) groups excluding carboxylic acids is 1. The highest BCUT2D eigenvalue weighted by Gasteiger charge is 2.35. The van der Waals surface area contributed by atoms with Crippen LogP contribution in [0, 0.1) is 0 Å². The highest BCUT2D eigenvalue weighted by atomic mass is 16.5. The van der Waals surface area contributed by atoms with Gasteiger partial charge in [0.1, 0.15) is 5.78 Å². The van der Waals surface area contributed by atoms with Crippen LogP contribution in [0.25, 0.3) is 0 Å². The minimum Gasteiger partial charge on any atom is -0.427 e. The molecule has 0 aliphatic carbocycles. The van der Waals surface area contributed by atoms with Crippen molar-refractivity contribution in [3.05, 3.63) is 11.7 Å². The molecule has 0 aromatic carbocycles. The van der Waals surface area contributed by atoms with Gasteiger partial charge in [0.25, 0.3) is 0 Å². The smallest absolute Gasteiger partial charge is 0.333 e. The molecule has 0 aromatic rings. The molecule has 0 aliphatic heterocycles. The Morgan fingerprint density at radius 3 is 2.42 bits per heavy atom. The molecular weight excluding hydrogens is 243 g/mol. The number of aliphatic hydroxyl groups is 1. The van der Waals surface area contributed by atoms with Crippen molar-refractivity contribution in [3.63, 3.8) is 0 Å². The molecule has 0 amide bonds. The fourth-order valence-electron chi connectivity index (χ4n) is 0.864. The summed E-state index contributed by atoms with van der Waals surface area (Å²) < 4.78 is 5.54. The molecule has 0 atom stereocenters. The third-order valence-electron chi connectivity index (χ3n) is 2.99. The minimum atomic E-state index is -0.991. The van der Waals surface area contributed by atoms with E-state index >= 15 is 0 Å². The predicted octanol–water partition coefficient (Wildman–Crippen LogP) is 1.02. The topological polar surface area (TPSA) is 84.9 Å². The summed E-state index contributed by atoms with van der Waals surface area (Å²) in [7, 11) is 1.45. The van der Waals surface area contributed by atoms with Crippen molar-refractivity contribution >= 4 is 19.5 Å². The molecule has 3 N–H and O–H groups in total. The van der Waals surface area contributed by atoms with Crippen LogP contribution in [0.3, 0.4) is 0 Å². The van der Waals surface area contributed by atoms with E-state index in [4.69, 9.17) is 10.4 Å². The molecular formula is C13H24BN2O3. The molecule has 0 fully saturated rings. The van der Waals surface area contributed by atoms with Gasteiger partial charge in [-0.05, 0) is 46.3 Å². The maximum absolute atomic E-state index is 10.8. The number of Topliss-reactive ketones (excluding diaryl/α,β-unsaturated/α-hetero) is 1. The number of carbonyl (C=O) groups is 1. The molecule has 0 spiro atoms. The van der Waals surface area contributed by atoms with Crippen molar-refractivity contribution in [2.24, 2.45) is 10.7 Å². The van der Waals surface area contributed by atoms with E-state index in [2.05, 4.69) is 4.99 Å². The fourth-order valence-corrected chi connectivity index (χ4v) is 0.864. The monoisotopic (exact) mass is 267 g/mol. The van der Waals surface area contributed by atoms with Crippen molar-refractivity contribution in [1.29, 1.82) is 0 Å². The molecule has 0 bridgehead atoms. The summed E-state index contributed by atoms with van der Waals surface area (Å²) in [5.74, 6) is 0.0961. The van der Waals surface area contributed by atoms with E-state index in [0.29, 0.717) is 18.4 Å². The average Bonchev–Trinajstić information content (AvgIpc) is 2.26. The Hall–Kier alpha value is -1.14. The van der Waals surface area contributed by atoms with Crippen molar-refractivity contribution in [2.45, 2.75) is 52.2 Å². The van der Waals surface area contributed by atoms with Crippen LogP contribution in [0.5, 0.6) is 0 Å². The molecule has 0 heterocycles. The standard InChI is InChI=1S/C13H24BN2O3/c1-10(17)6-7-16-9-11(8-15)14-19-13(4,5)12(2,3)18/h8-9,18H,6-7,15H2,1-5H3. The Bertz CT molecular complexity index is 357. The zero-order valence-electron chi connectivity index (χ0n) is 12.4. The zero-order valence-corrected chi connectivity index (χ0v) is 12.4. The molecule has 1 radical (unpaired) electrons. The Balaban J connectivity index is 4.34. The normalized spacial score (nSPS) is 13.9. The van der Waals surface area contributed by atoms with Gasteiger partial charge in [-0.1, -0.05) is 0 Å². The van der Waals surface area contributed by atoms with E-state index in [1.54, 1.807) is 33.9 Å². The SMILES string of the molecule is CC(=O)CCN=CC([B]OC(C)(C)C(C)(C)O)=CN. The van der Waals surface area contributed by atoms with Crippen molar-refractivity contribution in [3.8, 4) is 0 Å². The number of aliphatic imine (C=N–C) groups is 1. The van der Waals surface area contributed by atoms with Gasteiger partial charge in [0.15, 0.2) is 0 Å². The second kappa shape index (κ2) is 7.45. The summed E-state index contributed by atoms with van der Waals surface area (Å²) in [5, 5.41) is 9.94. The summed E-state index contributed by atoms with van der Waals surface area (Å²) >= 11 is 0. The largest absolute Gasteiger partial charge is 0.427 e. The van der Waals surface area contributed by atoms with E-state index in [1.807, 2.05) is 0 Å². The van der Waals surface area contributed by atoms with Crippen LogP contribution in [0.4, 0.5) is 0 Å². The Labute approximate surface area is 116 Å². The molecule has 0 saturated heterocycles. The van der Waals surface area contributed by atoms with Gasteiger partial charge in [-0.2, -0.15) is 0 Å².